The lowest BCUT2D eigenvalue weighted by atomic mass is 9.98. The van der Waals surface area contributed by atoms with Crippen LogP contribution in [0.3, 0.4) is 0 Å². The van der Waals surface area contributed by atoms with Crippen molar-refractivity contribution < 1.29 is 9.47 Å². The first-order valence-corrected chi connectivity index (χ1v) is 11.7. The van der Waals surface area contributed by atoms with Crippen molar-refractivity contribution in [3.05, 3.63) is 35.4 Å². The standard InChI is InChI=1S/C24H40N4O2/c1-3-25-24(26-12-6-15-30-23-11-16-29-19-23)27-17-21-7-4-5-8-22(21)18-28-13-9-20(2)10-14-28/h4-5,7-8,20,23H,3,6,9-19H2,1-2H3,(H2,25,26,27). The van der Waals surface area contributed by atoms with Crippen LogP contribution in [0.1, 0.15) is 50.7 Å². The first-order chi connectivity index (χ1) is 14.7. The Morgan fingerprint density at radius 1 is 1.17 bits per heavy atom. The van der Waals surface area contributed by atoms with E-state index in [9.17, 15) is 0 Å². The fourth-order valence-corrected chi connectivity index (χ4v) is 4.01. The summed E-state index contributed by atoms with van der Waals surface area (Å²) >= 11 is 0. The van der Waals surface area contributed by atoms with Gasteiger partial charge in [-0.2, -0.15) is 0 Å². The summed E-state index contributed by atoms with van der Waals surface area (Å²) in [7, 11) is 0. The van der Waals surface area contributed by atoms with E-state index in [4.69, 9.17) is 14.5 Å². The van der Waals surface area contributed by atoms with Gasteiger partial charge in [-0.1, -0.05) is 31.2 Å². The third-order valence-corrected chi connectivity index (χ3v) is 6.00. The third-order valence-electron chi connectivity index (χ3n) is 6.00. The van der Waals surface area contributed by atoms with Crippen LogP contribution in [0.5, 0.6) is 0 Å². The highest BCUT2D eigenvalue weighted by atomic mass is 16.5. The number of benzene rings is 1. The van der Waals surface area contributed by atoms with Gasteiger partial charge in [-0.25, -0.2) is 4.99 Å². The van der Waals surface area contributed by atoms with E-state index in [-0.39, 0.29) is 6.10 Å². The van der Waals surface area contributed by atoms with Crippen molar-refractivity contribution in [1.29, 1.82) is 0 Å². The molecule has 0 saturated carbocycles. The smallest absolute Gasteiger partial charge is 0.191 e. The van der Waals surface area contributed by atoms with Crippen LogP contribution in [0.15, 0.2) is 29.3 Å². The summed E-state index contributed by atoms with van der Waals surface area (Å²) in [5, 5.41) is 6.80. The van der Waals surface area contributed by atoms with Crippen LogP contribution in [0, 0.1) is 5.92 Å². The molecule has 0 bridgehead atoms. The summed E-state index contributed by atoms with van der Waals surface area (Å²) in [6.07, 6.45) is 4.89. The van der Waals surface area contributed by atoms with E-state index in [1.807, 2.05) is 0 Å². The maximum Gasteiger partial charge on any atom is 0.191 e. The number of hydrogen-bond donors (Lipinski definition) is 2. The molecule has 1 aromatic rings. The van der Waals surface area contributed by atoms with Crippen LogP contribution in [0.25, 0.3) is 0 Å². The maximum atomic E-state index is 5.84. The molecule has 6 nitrogen and oxygen atoms in total. The fourth-order valence-electron chi connectivity index (χ4n) is 4.01. The molecule has 0 aliphatic carbocycles. The van der Waals surface area contributed by atoms with Crippen molar-refractivity contribution in [3.8, 4) is 0 Å². The first kappa shape index (κ1) is 23.0. The zero-order valence-corrected chi connectivity index (χ0v) is 18.9. The van der Waals surface area contributed by atoms with Crippen molar-refractivity contribution in [1.82, 2.24) is 15.5 Å². The highest BCUT2D eigenvalue weighted by Gasteiger charge is 2.17. The van der Waals surface area contributed by atoms with Gasteiger partial charge in [0.1, 0.15) is 0 Å². The molecular weight excluding hydrogens is 376 g/mol. The zero-order chi connectivity index (χ0) is 21.0. The molecule has 1 aromatic carbocycles. The second kappa shape index (κ2) is 12.9. The minimum absolute atomic E-state index is 0.284. The van der Waals surface area contributed by atoms with E-state index in [0.717, 1.165) is 64.2 Å². The lowest BCUT2D eigenvalue weighted by molar-refractivity contribution is 0.0420. The molecule has 2 saturated heterocycles. The molecule has 3 rings (SSSR count). The first-order valence-electron chi connectivity index (χ1n) is 11.7. The highest BCUT2D eigenvalue weighted by molar-refractivity contribution is 5.79. The summed E-state index contributed by atoms with van der Waals surface area (Å²) < 4.78 is 11.2. The van der Waals surface area contributed by atoms with Crippen LogP contribution >= 0.6 is 0 Å². The summed E-state index contributed by atoms with van der Waals surface area (Å²) in [5.74, 6) is 1.75. The Bertz CT molecular complexity index is 638. The molecule has 2 fully saturated rings. The minimum atomic E-state index is 0.284. The minimum Gasteiger partial charge on any atom is -0.379 e. The lowest BCUT2D eigenvalue weighted by Gasteiger charge is -2.30. The van der Waals surface area contributed by atoms with E-state index >= 15 is 0 Å². The number of nitrogens with one attached hydrogen (secondary N) is 2. The van der Waals surface area contributed by atoms with E-state index in [1.165, 1.54) is 37.1 Å². The summed E-state index contributed by atoms with van der Waals surface area (Å²) in [5.41, 5.74) is 2.72. The zero-order valence-electron chi connectivity index (χ0n) is 18.9. The normalized spacial score (nSPS) is 21.1. The molecule has 30 heavy (non-hydrogen) atoms. The molecule has 0 aromatic heterocycles. The molecule has 0 amide bonds. The molecule has 2 aliphatic heterocycles. The number of rotatable bonds is 10. The van der Waals surface area contributed by atoms with Gasteiger partial charge in [-0.15, -0.1) is 0 Å². The molecule has 0 radical (unpaired) electrons. The Morgan fingerprint density at radius 2 is 1.97 bits per heavy atom. The largest absolute Gasteiger partial charge is 0.379 e. The number of hydrogen-bond acceptors (Lipinski definition) is 4. The van der Waals surface area contributed by atoms with Gasteiger partial charge in [-0.3, -0.25) is 4.90 Å². The number of guanidine groups is 1. The van der Waals surface area contributed by atoms with E-state index in [0.29, 0.717) is 6.54 Å². The Labute approximate surface area is 182 Å². The average Bonchev–Trinajstić information content (AvgIpc) is 3.28. The predicted molar refractivity (Wildman–Crippen MR) is 123 cm³/mol. The second-order valence-corrected chi connectivity index (χ2v) is 8.56. The average molecular weight is 417 g/mol. The summed E-state index contributed by atoms with van der Waals surface area (Å²) in [6, 6.07) is 8.74. The van der Waals surface area contributed by atoms with Crippen LogP contribution < -0.4 is 10.6 Å². The molecule has 1 unspecified atom stereocenters. The Balaban J connectivity index is 1.46. The van der Waals surface area contributed by atoms with Gasteiger partial charge in [0, 0.05) is 32.8 Å². The van der Waals surface area contributed by atoms with E-state index < -0.39 is 0 Å². The summed E-state index contributed by atoms with van der Waals surface area (Å²) in [6.45, 7) is 12.7. The van der Waals surface area contributed by atoms with Gasteiger partial charge in [0.25, 0.3) is 0 Å². The van der Waals surface area contributed by atoms with Crippen LogP contribution in [-0.2, 0) is 22.6 Å². The molecular formula is C24H40N4O2. The number of ether oxygens (including phenoxy) is 2. The van der Waals surface area contributed by atoms with Gasteiger partial charge < -0.3 is 20.1 Å². The number of piperidine rings is 1. The Kier molecular flexibility index (Phi) is 9.93. The van der Waals surface area contributed by atoms with Crippen LogP contribution in [-0.4, -0.2) is 63.0 Å². The number of likely N-dealkylation sites (tertiary alicyclic amines) is 1. The van der Waals surface area contributed by atoms with Crippen molar-refractivity contribution in [3.63, 3.8) is 0 Å². The SMILES string of the molecule is CCNC(=NCc1ccccc1CN1CCC(C)CC1)NCCCOC1CCOC1. The van der Waals surface area contributed by atoms with Crippen molar-refractivity contribution in [2.24, 2.45) is 10.9 Å². The topological polar surface area (TPSA) is 58.1 Å². The van der Waals surface area contributed by atoms with Crippen molar-refractivity contribution in [2.45, 2.75) is 58.7 Å². The lowest BCUT2D eigenvalue weighted by Crippen LogP contribution is -2.38. The third kappa shape index (κ3) is 7.89. The fraction of sp³-hybridized carbons (Fsp3) is 0.708. The number of aliphatic imine (C=N–C) groups is 1. The Hall–Kier alpha value is -1.63. The van der Waals surface area contributed by atoms with E-state index in [2.05, 4.69) is 53.6 Å². The molecule has 2 N–H and O–H groups in total. The molecule has 168 valence electrons. The molecule has 1 atom stereocenters. The number of nitrogens with zero attached hydrogens (tertiary/aromatic N) is 2. The van der Waals surface area contributed by atoms with Gasteiger partial charge in [-0.05, 0) is 62.7 Å². The monoisotopic (exact) mass is 416 g/mol. The highest BCUT2D eigenvalue weighted by Crippen LogP contribution is 2.20. The predicted octanol–water partition coefficient (Wildman–Crippen LogP) is 3.17. The molecule has 2 heterocycles. The van der Waals surface area contributed by atoms with Crippen LogP contribution in [0.2, 0.25) is 0 Å². The molecule has 2 aliphatic rings. The van der Waals surface area contributed by atoms with Crippen molar-refractivity contribution in [2.75, 3.05) is 46.0 Å². The molecule has 0 spiro atoms. The van der Waals surface area contributed by atoms with Crippen molar-refractivity contribution >= 4 is 5.96 Å². The second-order valence-electron chi connectivity index (χ2n) is 8.56. The maximum absolute atomic E-state index is 5.84. The van der Waals surface area contributed by atoms with E-state index in [1.54, 1.807) is 0 Å². The van der Waals surface area contributed by atoms with Gasteiger partial charge in [0.2, 0.25) is 0 Å². The van der Waals surface area contributed by atoms with Gasteiger partial charge in [0.15, 0.2) is 5.96 Å². The Morgan fingerprint density at radius 3 is 2.70 bits per heavy atom. The van der Waals surface area contributed by atoms with Gasteiger partial charge in [0.05, 0.1) is 19.3 Å². The summed E-state index contributed by atoms with van der Waals surface area (Å²) in [4.78, 5) is 7.42. The quantitative estimate of drug-likeness (QED) is 0.349. The van der Waals surface area contributed by atoms with Gasteiger partial charge >= 0.3 is 0 Å². The van der Waals surface area contributed by atoms with Crippen LogP contribution in [0.4, 0.5) is 0 Å². The molecule has 6 heteroatoms.